The SMILES string of the molecule is CCC(C(=O)NCC(C)C)N(Cc1ccc(Cl)cc1Cl)C(=O)CN(c1ccccc1Cl)S(=O)(=O)c1ccc(C)cc1. The van der Waals surface area contributed by atoms with Gasteiger partial charge in [-0.1, -0.05) is 91.5 Å². The van der Waals surface area contributed by atoms with Crippen LogP contribution in [0.25, 0.3) is 0 Å². The molecule has 1 N–H and O–H groups in total. The Hall–Kier alpha value is -2.78. The summed E-state index contributed by atoms with van der Waals surface area (Å²) in [6.45, 7) is 7.36. The van der Waals surface area contributed by atoms with E-state index in [0.717, 1.165) is 9.87 Å². The molecule has 0 saturated heterocycles. The average molecular weight is 639 g/mol. The first kappa shape index (κ1) is 32.7. The number of benzene rings is 3. The van der Waals surface area contributed by atoms with Gasteiger partial charge in [-0.15, -0.1) is 0 Å². The molecule has 0 aliphatic rings. The van der Waals surface area contributed by atoms with Gasteiger partial charge in [0.2, 0.25) is 11.8 Å². The van der Waals surface area contributed by atoms with E-state index in [9.17, 15) is 18.0 Å². The summed E-state index contributed by atoms with van der Waals surface area (Å²) in [6.07, 6.45) is 0.289. The largest absolute Gasteiger partial charge is 0.354 e. The topological polar surface area (TPSA) is 86.8 Å². The molecule has 2 amide bonds. The van der Waals surface area contributed by atoms with E-state index in [1.165, 1.54) is 23.1 Å². The standard InChI is InChI=1S/C30H34Cl3N3O4S/c1-5-27(30(38)34-17-20(2)3)35(18-22-12-13-23(31)16-26(22)33)29(37)19-36(28-9-7-6-8-25(28)32)41(39,40)24-14-10-21(4)11-15-24/h6-16,20,27H,5,17-19H2,1-4H3,(H,34,38). The van der Waals surface area contributed by atoms with Crippen LogP contribution in [0.3, 0.4) is 0 Å². The van der Waals surface area contributed by atoms with Gasteiger partial charge >= 0.3 is 0 Å². The molecule has 1 atom stereocenters. The van der Waals surface area contributed by atoms with E-state index < -0.39 is 28.5 Å². The highest BCUT2D eigenvalue weighted by molar-refractivity contribution is 7.92. The van der Waals surface area contributed by atoms with Crippen molar-refractivity contribution in [1.82, 2.24) is 10.2 Å². The van der Waals surface area contributed by atoms with E-state index in [-0.39, 0.29) is 40.4 Å². The number of nitrogens with zero attached hydrogens (tertiary/aromatic N) is 2. The minimum absolute atomic E-state index is 0.00448. The van der Waals surface area contributed by atoms with Crippen molar-refractivity contribution >= 4 is 62.3 Å². The summed E-state index contributed by atoms with van der Waals surface area (Å²) in [6, 6.07) is 16.7. The van der Waals surface area contributed by atoms with Crippen molar-refractivity contribution in [2.75, 3.05) is 17.4 Å². The molecule has 0 radical (unpaired) electrons. The van der Waals surface area contributed by atoms with Crippen molar-refractivity contribution in [1.29, 1.82) is 0 Å². The van der Waals surface area contributed by atoms with Gasteiger partial charge in [0.15, 0.2) is 0 Å². The van der Waals surface area contributed by atoms with Gasteiger partial charge in [-0.3, -0.25) is 13.9 Å². The lowest BCUT2D eigenvalue weighted by Gasteiger charge is -2.33. The average Bonchev–Trinajstić information content (AvgIpc) is 2.92. The molecule has 3 rings (SSSR count). The lowest BCUT2D eigenvalue weighted by Crippen LogP contribution is -2.52. The second kappa shape index (κ2) is 14.4. The van der Waals surface area contributed by atoms with E-state index in [1.807, 2.05) is 20.8 Å². The fourth-order valence-corrected chi connectivity index (χ4v) is 6.37. The Morgan fingerprint density at radius 3 is 2.17 bits per heavy atom. The van der Waals surface area contributed by atoms with Crippen LogP contribution in [-0.4, -0.2) is 44.3 Å². The molecule has 11 heteroatoms. The predicted octanol–water partition coefficient (Wildman–Crippen LogP) is 6.73. The molecular formula is C30H34Cl3N3O4S. The van der Waals surface area contributed by atoms with Crippen LogP contribution in [-0.2, 0) is 26.2 Å². The summed E-state index contributed by atoms with van der Waals surface area (Å²) in [5.74, 6) is -0.745. The number of halogens is 3. The Bertz CT molecular complexity index is 1480. The van der Waals surface area contributed by atoms with Gasteiger partial charge in [0.1, 0.15) is 12.6 Å². The molecule has 0 saturated carbocycles. The van der Waals surface area contributed by atoms with Crippen LogP contribution in [0.5, 0.6) is 0 Å². The second-order valence-electron chi connectivity index (χ2n) is 10.1. The molecule has 220 valence electrons. The van der Waals surface area contributed by atoms with Gasteiger partial charge in [0.25, 0.3) is 10.0 Å². The summed E-state index contributed by atoms with van der Waals surface area (Å²) in [5.41, 5.74) is 1.59. The Kier molecular flexibility index (Phi) is 11.5. The van der Waals surface area contributed by atoms with Gasteiger partial charge in [0, 0.05) is 23.1 Å². The number of hydrogen-bond donors (Lipinski definition) is 1. The molecule has 0 aliphatic carbocycles. The zero-order valence-corrected chi connectivity index (χ0v) is 26.5. The van der Waals surface area contributed by atoms with Crippen LogP contribution in [0, 0.1) is 12.8 Å². The Labute approximate surface area is 257 Å². The van der Waals surface area contributed by atoms with Crippen LogP contribution in [0.15, 0.2) is 71.6 Å². The van der Waals surface area contributed by atoms with Crippen molar-refractivity contribution < 1.29 is 18.0 Å². The Morgan fingerprint density at radius 1 is 0.927 bits per heavy atom. The lowest BCUT2D eigenvalue weighted by molar-refractivity contribution is -0.140. The maximum absolute atomic E-state index is 14.1. The fourth-order valence-electron chi connectivity index (χ4n) is 4.18. The zero-order valence-electron chi connectivity index (χ0n) is 23.4. The van der Waals surface area contributed by atoms with Gasteiger partial charge in [0.05, 0.1) is 15.6 Å². The maximum atomic E-state index is 14.1. The van der Waals surface area contributed by atoms with E-state index in [2.05, 4.69) is 5.32 Å². The van der Waals surface area contributed by atoms with Crippen molar-refractivity contribution in [3.63, 3.8) is 0 Å². The molecule has 3 aromatic rings. The summed E-state index contributed by atoms with van der Waals surface area (Å²) < 4.78 is 28.9. The number of hydrogen-bond acceptors (Lipinski definition) is 4. The van der Waals surface area contributed by atoms with Crippen molar-refractivity contribution in [3.8, 4) is 0 Å². The first-order valence-corrected chi connectivity index (χ1v) is 15.8. The van der Waals surface area contributed by atoms with Crippen LogP contribution >= 0.6 is 34.8 Å². The number of carbonyl (C=O) groups excluding carboxylic acids is 2. The number of nitrogens with one attached hydrogen (secondary N) is 1. The second-order valence-corrected chi connectivity index (χ2v) is 13.2. The highest BCUT2D eigenvalue weighted by atomic mass is 35.5. The monoisotopic (exact) mass is 637 g/mol. The Morgan fingerprint density at radius 2 is 1.59 bits per heavy atom. The third-order valence-electron chi connectivity index (χ3n) is 6.44. The third-order valence-corrected chi connectivity index (χ3v) is 9.12. The molecule has 7 nitrogen and oxygen atoms in total. The minimum Gasteiger partial charge on any atom is -0.354 e. The first-order chi connectivity index (χ1) is 19.3. The number of aryl methyl sites for hydroxylation is 1. The van der Waals surface area contributed by atoms with E-state index in [0.29, 0.717) is 22.2 Å². The zero-order chi connectivity index (χ0) is 30.3. The van der Waals surface area contributed by atoms with Crippen LogP contribution in [0.2, 0.25) is 15.1 Å². The van der Waals surface area contributed by atoms with Gasteiger partial charge < -0.3 is 10.2 Å². The van der Waals surface area contributed by atoms with E-state index in [1.54, 1.807) is 55.5 Å². The van der Waals surface area contributed by atoms with Gasteiger partial charge in [-0.2, -0.15) is 0 Å². The van der Waals surface area contributed by atoms with Crippen molar-refractivity contribution in [2.24, 2.45) is 5.92 Å². The van der Waals surface area contributed by atoms with Gasteiger partial charge in [-0.25, -0.2) is 8.42 Å². The van der Waals surface area contributed by atoms with E-state index >= 15 is 0 Å². The molecule has 0 heterocycles. The molecule has 0 bridgehead atoms. The summed E-state index contributed by atoms with van der Waals surface area (Å²) in [5, 5.41) is 3.80. The maximum Gasteiger partial charge on any atom is 0.264 e. The quantitative estimate of drug-likeness (QED) is 0.238. The van der Waals surface area contributed by atoms with Crippen molar-refractivity contribution in [2.45, 2.75) is 51.6 Å². The Balaban J connectivity index is 2.08. The molecular weight excluding hydrogens is 605 g/mol. The van der Waals surface area contributed by atoms with Crippen LogP contribution in [0.4, 0.5) is 5.69 Å². The third kappa shape index (κ3) is 8.38. The highest BCUT2D eigenvalue weighted by Crippen LogP contribution is 2.31. The number of rotatable bonds is 12. The predicted molar refractivity (Wildman–Crippen MR) is 166 cm³/mol. The van der Waals surface area contributed by atoms with E-state index in [4.69, 9.17) is 34.8 Å². The number of anilines is 1. The number of carbonyl (C=O) groups is 2. The molecule has 0 aromatic heterocycles. The molecule has 3 aromatic carbocycles. The number of amides is 2. The summed E-state index contributed by atoms with van der Waals surface area (Å²) in [4.78, 5) is 28.8. The molecule has 0 fully saturated rings. The smallest absolute Gasteiger partial charge is 0.264 e. The highest BCUT2D eigenvalue weighted by Gasteiger charge is 2.34. The van der Waals surface area contributed by atoms with Crippen LogP contribution < -0.4 is 9.62 Å². The van der Waals surface area contributed by atoms with Crippen molar-refractivity contribution in [3.05, 3.63) is 92.9 Å². The molecule has 0 spiro atoms. The molecule has 1 unspecified atom stereocenters. The van der Waals surface area contributed by atoms with Crippen LogP contribution in [0.1, 0.15) is 38.3 Å². The first-order valence-electron chi connectivity index (χ1n) is 13.2. The van der Waals surface area contributed by atoms with Gasteiger partial charge in [-0.05, 0) is 61.2 Å². The summed E-state index contributed by atoms with van der Waals surface area (Å²) >= 11 is 19.0. The molecule has 41 heavy (non-hydrogen) atoms. The number of sulfonamides is 1. The normalized spacial score (nSPS) is 12.2. The fraction of sp³-hybridized carbons (Fsp3) is 0.333. The summed E-state index contributed by atoms with van der Waals surface area (Å²) in [7, 11) is -4.23. The minimum atomic E-state index is -4.23. The number of para-hydroxylation sites is 1. The lowest BCUT2D eigenvalue weighted by atomic mass is 10.1. The molecule has 0 aliphatic heterocycles.